The Balaban J connectivity index is 1.70. The number of nitrogens with zero attached hydrogens (tertiary/aromatic N) is 1. The Morgan fingerprint density at radius 2 is 1.57 bits per heavy atom. The standard InChI is InChI=1S/C27H28N4O4/c1-31(2)23-15-8-19(9-16-23)10-17-25(32)29-24(18-20-6-4-3-5-7-20)27(34)28-22-13-11-21(12-14-22)26(33)30-35/h3-17,24,35H,18H2,1-2H3,(H,28,34)(H,29,32)(H,30,33)/b17-10+. The molecule has 3 aromatic carbocycles. The molecule has 1 unspecified atom stereocenters. The molecule has 3 amide bonds. The van der Waals surface area contributed by atoms with E-state index in [0.717, 1.165) is 16.8 Å². The first-order valence-corrected chi connectivity index (χ1v) is 11.0. The molecule has 0 saturated heterocycles. The van der Waals surface area contributed by atoms with Crippen molar-refractivity contribution in [1.29, 1.82) is 0 Å². The fourth-order valence-electron chi connectivity index (χ4n) is 3.33. The van der Waals surface area contributed by atoms with Gasteiger partial charge in [0.15, 0.2) is 0 Å². The second-order valence-corrected chi connectivity index (χ2v) is 8.08. The zero-order valence-corrected chi connectivity index (χ0v) is 19.6. The van der Waals surface area contributed by atoms with E-state index in [-0.39, 0.29) is 5.56 Å². The Hall–Kier alpha value is -4.43. The maximum Gasteiger partial charge on any atom is 0.274 e. The van der Waals surface area contributed by atoms with Gasteiger partial charge in [-0.15, -0.1) is 0 Å². The molecule has 0 aromatic heterocycles. The molecule has 4 N–H and O–H groups in total. The summed E-state index contributed by atoms with van der Waals surface area (Å²) in [6, 6.07) is 22.3. The molecule has 0 fully saturated rings. The number of hydrogen-bond donors (Lipinski definition) is 4. The van der Waals surface area contributed by atoms with E-state index >= 15 is 0 Å². The first kappa shape index (κ1) is 25.2. The lowest BCUT2D eigenvalue weighted by Gasteiger charge is -2.18. The Labute approximate surface area is 204 Å². The van der Waals surface area contributed by atoms with Crippen LogP contribution in [-0.2, 0) is 16.0 Å². The molecule has 0 heterocycles. The van der Waals surface area contributed by atoms with E-state index in [2.05, 4.69) is 10.6 Å². The third-order valence-corrected chi connectivity index (χ3v) is 5.27. The molecular formula is C27H28N4O4. The third kappa shape index (κ3) is 7.55. The van der Waals surface area contributed by atoms with Crippen LogP contribution in [0.3, 0.4) is 0 Å². The maximum atomic E-state index is 13.0. The second-order valence-electron chi connectivity index (χ2n) is 8.08. The summed E-state index contributed by atoms with van der Waals surface area (Å²) in [6.07, 6.45) is 3.39. The van der Waals surface area contributed by atoms with Crippen LogP contribution in [0.5, 0.6) is 0 Å². The largest absolute Gasteiger partial charge is 0.378 e. The molecule has 0 bridgehead atoms. The monoisotopic (exact) mass is 472 g/mol. The number of hydrogen-bond acceptors (Lipinski definition) is 5. The van der Waals surface area contributed by atoms with Crippen molar-refractivity contribution < 1.29 is 19.6 Å². The van der Waals surface area contributed by atoms with Crippen LogP contribution < -0.4 is 21.0 Å². The van der Waals surface area contributed by atoms with Crippen LogP contribution in [0.4, 0.5) is 11.4 Å². The van der Waals surface area contributed by atoms with Crippen LogP contribution in [0.2, 0.25) is 0 Å². The fourth-order valence-corrected chi connectivity index (χ4v) is 3.33. The van der Waals surface area contributed by atoms with Crippen LogP contribution in [0.25, 0.3) is 6.08 Å². The number of hydroxylamine groups is 1. The van der Waals surface area contributed by atoms with Gasteiger partial charge in [0, 0.05) is 43.5 Å². The van der Waals surface area contributed by atoms with Gasteiger partial charge >= 0.3 is 0 Å². The van der Waals surface area contributed by atoms with Gasteiger partial charge in [0.05, 0.1) is 0 Å². The van der Waals surface area contributed by atoms with Crippen molar-refractivity contribution in [3.8, 4) is 0 Å². The second kappa shape index (κ2) is 12.2. The summed E-state index contributed by atoms with van der Waals surface area (Å²) in [5.74, 6) is -1.45. The van der Waals surface area contributed by atoms with Crippen molar-refractivity contribution in [2.45, 2.75) is 12.5 Å². The Morgan fingerprint density at radius 3 is 2.17 bits per heavy atom. The third-order valence-electron chi connectivity index (χ3n) is 5.27. The van der Waals surface area contributed by atoms with Crippen molar-refractivity contribution in [3.63, 3.8) is 0 Å². The first-order chi connectivity index (χ1) is 16.9. The maximum absolute atomic E-state index is 13.0. The van der Waals surface area contributed by atoms with Gasteiger partial charge in [0.1, 0.15) is 6.04 Å². The van der Waals surface area contributed by atoms with E-state index in [1.807, 2.05) is 73.6 Å². The molecule has 0 saturated carbocycles. The minimum absolute atomic E-state index is 0.239. The van der Waals surface area contributed by atoms with E-state index in [9.17, 15) is 14.4 Å². The van der Waals surface area contributed by atoms with Crippen LogP contribution >= 0.6 is 0 Å². The van der Waals surface area contributed by atoms with Gasteiger partial charge in [-0.05, 0) is 53.6 Å². The van der Waals surface area contributed by atoms with Gasteiger partial charge in [-0.2, -0.15) is 0 Å². The molecule has 35 heavy (non-hydrogen) atoms. The number of carbonyl (C=O) groups excluding carboxylic acids is 3. The van der Waals surface area contributed by atoms with Crippen molar-refractivity contribution in [2.24, 2.45) is 0 Å². The number of amides is 3. The van der Waals surface area contributed by atoms with Crippen LogP contribution in [-0.4, -0.2) is 43.1 Å². The predicted molar refractivity (Wildman–Crippen MR) is 136 cm³/mol. The number of nitrogens with one attached hydrogen (secondary N) is 3. The van der Waals surface area contributed by atoms with Crippen LogP contribution in [0, 0.1) is 0 Å². The molecule has 0 spiro atoms. The van der Waals surface area contributed by atoms with Crippen molar-refractivity contribution in [2.75, 3.05) is 24.3 Å². The first-order valence-electron chi connectivity index (χ1n) is 11.0. The number of anilines is 2. The highest BCUT2D eigenvalue weighted by atomic mass is 16.5. The summed E-state index contributed by atoms with van der Waals surface area (Å²) < 4.78 is 0. The van der Waals surface area contributed by atoms with Gasteiger partial charge in [0.25, 0.3) is 5.91 Å². The lowest BCUT2D eigenvalue weighted by molar-refractivity contribution is -0.123. The van der Waals surface area contributed by atoms with Gasteiger partial charge in [-0.1, -0.05) is 42.5 Å². The molecule has 0 aliphatic rings. The molecule has 0 aliphatic carbocycles. The van der Waals surface area contributed by atoms with Crippen molar-refractivity contribution in [1.82, 2.24) is 10.8 Å². The number of benzene rings is 3. The highest BCUT2D eigenvalue weighted by molar-refractivity contribution is 6.00. The minimum atomic E-state index is -0.828. The summed E-state index contributed by atoms with van der Waals surface area (Å²) in [5, 5.41) is 14.3. The lowest BCUT2D eigenvalue weighted by atomic mass is 10.0. The quantitative estimate of drug-likeness (QED) is 0.217. The minimum Gasteiger partial charge on any atom is -0.378 e. The average Bonchev–Trinajstić information content (AvgIpc) is 2.88. The van der Waals surface area contributed by atoms with Crippen LogP contribution in [0.15, 0.2) is 84.9 Å². The Kier molecular flexibility index (Phi) is 8.75. The molecule has 3 aromatic rings. The summed E-state index contributed by atoms with van der Waals surface area (Å²) >= 11 is 0. The van der Waals surface area contributed by atoms with Gasteiger partial charge < -0.3 is 15.5 Å². The van der Waals surface area contributed by atoms with Gasteiger partial charge in [0.2, 0.25) is 11.8 Å². The zero-order chi connectivity index (χ0) is 25.2. The average molecular weight is 473 g/mol. The molecule has 1 atom stereocenters. The van der Waals surface area contributed by atoms with Crippen molar-refractivity contribution >= 4 is 35.2 Å². The summed E-state index contributed by atoms with van der Waals surface area (Å²) in [5.41, 5.74) is 5.06. The molecule has 3 rings (SSSR count). The molecule has 8 nitrogen and oxygen atoms in total. The van der Waals surface area contributed by atoms with E-state index in [4.69, 9.17) is 5.21 Å². The van der Waals surface area contributed by atoms with E-state index in [1.165, 1.54) is 18.2 Å². The predicted octanol–water partition coefficient (Wildman–Crippen LogP) is 3.25. The molecule has 0 aliphatic heterocycles. The molecule has 0 radical (unpaired) electrons. The summed E-state index contributed by atoms with van der Waals surface area (Å²) in [7, 11) is 3.91. The highest BCUT2D eigenvalue weighted by Gasteiger charge is 2.21. The number of carbonyl (C=O) groups is 3. The Bertz CT molecular complexity index is 1170. The molecule has 180 valence electrons. The van der Waals surface area contributed by atoms with E-state index in [0.29, 0.717) is 12.1 Å². The highest BCUT2D eigenvalue weighted by Crippen LogP contribution is 2.14. The smallest absolute Gasteiger partial charge is 0.274 e. The molecule has 8 heteroatoms. The lowest BCUT2D eigenvalue weighted by Crippen LogP contribution is -2.44. The van der Waals surface area contributed by atoms with E-state index in [1.54, 1.807) is 23.7 Å². The molecular weight excluding hydrogens is 444 g/mol. The summed E-state index contributed by atoms with van der Waals surface area (Å²) in [4.78, 5) is 39.2. The fraction of sp³-hybridized carbons (Fsp3) is 0.148. The van der Waals surface area contributed by atoms with Crippen molar-refractivity contribution in [3.05, 3.63) is 102 Å². The van der Waals surface area contributed by atoms with E-state index < -0.39 is 23.8 Å². The normalized spacial score (nSPS) is 11.5. The zero-order valence-electron chi connectivity index (χ0n) is 19.6. The summed E-state index contributed by atoms with van der Waals surface area (Å²) in [6.45, 7) is 0. The number of rotatable bonds is 9. The van der Waals surface area contributed by atoms with Gasteiger partial charge in [-0.3, -0.25) is 19.6 Å². The SMILES string of the molecule is CN(C)c1ccc(/C=C/C(=O)NC(Cc2ccccc2)C(=O)Nc2ccc(C(=O)NO)cc2)cc1. The Morgan fingerprint density at radius 1 is 0.914 bits per heavy atom. The van der Waals surface area contributed by atoms with Gasteiger partial charge in [-0.25, -0.2) is 5.48 Å². The van der Waals surface area contributed by atoms with Crippen LogP contribution in [0.1, 0.15) is 21.5 Å². The topological polar surface area (TPSA) is 111 Å².